The summed E-state index contributed by atoms with van der Waals surface area (Å²) in [7, 11) is 0. The summed E-state index contributed by atoms with van der Waals surface area (Å²) in [6.45, 7) is 4.26. The van der Waals surface area contributed by atoms with Crippen molar-refractivity contribution in [2.75, 3.05) is 0 Å². The van der Waals surface area contributed by atoms with Gasteiger partial charge in [0.05, 0.1) is 0 Å². The SMILES string of the molecule is CC(C)Cc1noc(-c2cccc(-n3cnnc3)c2)n1. The number of aromatic nitrogens is 5. The van der Waals surface area contributed by atoms with Gasteiger partial charge in [-0.15, -0.1) is 10.2 Å². The van der Waals surface area contributed by atoms with Crippen molar-refractivity contribution in [3.05, 3.63) is 42.7 Å². The zero-order chi connectivity index (χ0) is 13.9. The lowest BCUT2D eigenvalue weighted by Gasteiger charge is -2.01. The third-order valence-electron chi connectivity index (χ3n) is 2.87. The minimum Gasteiger partial charge on any atom is -0.334 e. The predicted molar refractivity (Wildman–Crippen MR) is 73.2 cm³/mol. The van der Waals surface area contributed by atoms with Crippen molar-refractivity contribution in [3.8, 4) is 17.1 Å². The molecule has 1 aromatic carbocycles. The first kappa shape index (κ1) is 12.5. The molecule has 0 amide bonds. The van der Waals surface area contributed by atoms with Crippen molar-refractivity contribution in [3.63, 3.8) is 0 Å². The van der Waals surface area contributed by atoms with Crippen LogP contribution in [0, 0.1) is 5.92 Å². The van der Waals surface area contributed by atoms with Crippen molar-refractivity contribution >= 4 is 0 Å². The summed E-state index contributed by atoms with van der Waals surface area (Å²) < 4.78 is 7.15. The molecular weight excluding hydrogens is 254 g/mol. The Kier molecular flexibility index (Phi) is 3.28. The minimum atomic E-state index is 0.504. The number of rotatable bonds is 4. The molecular formula is C14H15N5O. The second kappa shape index (κ2) is 5.24. The maximum Gasteiger partial charge on any atom is 0.257 e. The molecule has 0 saturated carbocycles. The average molecular weight is 269 g/mol. The fraction of sp³-hybridized carbons (Fsp3) is 0.286. The molecule has 0 aliphatic heterocycles. The highest BCUT2D eigenvalue weighted by Gasteiger charge is 2.10. The summed E-state index contributed by atoms with van der Waals surface area (Å²) in [6, 6.07) is 7.83. The van der Waals surface area contributed by atoms with Gasteiger partial charge in [0.1, 0.15) is 12.7 Å². The van der Waals surface area contributed by atoms with Gasteiger partial charge in [0.2, 0.25) is 0 Å². The Morgan fingerprint density at radius 1 is 1.20 bits per heavy atom. The molecule has 102 valence electrons. The van der Waals surface area contributed by atoms with Gasteiger partial charge in [0.15, 0.2) is 5.82 Å². The molecule has 0 saturated heterocycles. The molecule has 2 aromatic heterocycles. The van der Waals surface area contributed by atoms with Gasteiger partial charge < -0.3 is 4.52 Å². The summed E-state index contributed by atoms with van der Waals surface area (Å²) >= 11 is 0. The van der Waals surface area contributed by atoms with Crippen LogP contribution in [0.1, 0.15) is 19.7 Å². The number of benzene rings is 1. The quantitative estimate of drug-likeness (QED) is 0.728. The Hall–Kier alpha value is -2.50. The molecule has 2 heterocycles. The average Bonchev–Trinajstić information content (AvgIpc) is 3.09. The van der Waals surface area contributed by atoms with Crippen LogP contribution in [0.5, 0.6) is 0 Å². The van der Waals surface area contributed by atoms with Crippen LogP contribution in [0.25, 0.3) is 17.1 Å². The van der Waals surface area contributed by atoms with E-state index in [-0.39, 0.29) is 0 Å². The highest BCUT2D eigenvalue weighted by molar-refractivity contribution is 5.57. The minimum absolute atomic E-state index is 0.504. The molecule has 0 unspecified atom stereocenters. The van der Waals surface area contributed by atoms with Crippen molar-refractivity contribution in [1.82, 2.24) is 24.9 Å². The highest BCUT2D eigenvalue weighted by Crippen LogP contribution is 2.20. The van der Waals surface area contributed by atoms with Gasteiger partial charge in [0.25, 0.3) is 5.89 Å². The lowest BCUT2D eigenvalue weighted by atomic mass is 10.1. The van der Waals surface area contributed by atoms with Crippen LogP contribution in [-0.2, 0) is 6.42 Å². The lowest BCUT2D eigenvalue weighted by molar-refractivity contribution is 0.418. The molecule has 0 bridgehead atoms. The summed E-state index contributed by atoms with van der Waals surface area (Å²) in [5.74, 6) is 1.78. The predicted octanol–water partition coefficient (Wildman–Crippen LogP) is 2.52. The van der Waals surface area contributed by atoms with Crippen molar-refractivity contribution in [2.45, 2.75) is 20.3 Å². The van der Waals surface area contributed by atoms with E-state index in [1.54, 1.807) is 12.7 Å². The van der Waals surface area contributed by atoms with Crippen LogP contribution in [-0.4, -0.2) is 24.9 Å². The van der Waals surface area contributed by atoms with Crippen LogP contribution >= 0.6 is 0 Å². The third kappa shape index (κ3) is 2.59. The Bertz CT molecular complexity index is 687. The normalized spacial score (nSPS) is 11.2. The molecule has 3 aromatic rings. The summed E-state index contributed by atoms with van der Waals surface area (Å²) in [5.41, 5.74) is 1.84. The largest absolute Gasteiger partial charge is 0.334 e. The van der Waals surface area contributed by atoms with E-state index < -0.39 is 0 Å². The van der Waals surface area contributed by atoms with E-state index in [1.807, 2.05) is 28.8 Å². The maximum absolute atomic E-state index is 5.32. The molecule has 20 heavy (non-hydrogen) atoms. The van der Waals surface area contributed by atoms with E-state index in [9.17, 15) is 0 Å². The molecule has 0 fully saturated rings. The zero-order valence-corrected chi connectivity index (χ0v) is 11.4. The van der Waals surface area contributed by atoms with E-state index in [0.717, 1.165) is 23.5 Å². The lowest BCUT2D eigenvalue weighted by Crippen LogP contribution is -1.96. The molecule has 6 heteroatoms. The smallest absolute Gasteiger partial charge is 0.257 e. The van der Waals surface area contributed by atoms with Crippen LogP contribution in [0.3, 0.4) is 0 Å². The molecule has 0 atom stereocenters. The zero-order valence-electron chi connectivity index (χ0n) is 11.4. The van der Waals surface area contributed by atoms with Crippen LogP contribution < -0.4 is 0 Å². The van der Waals surface area contributed by atoms with E-state index in [2.05, 4.69) is 34.2 Å². The number of hydrogen-bond donors (Lipinski definition) is 0. The van der Waals surface area contributed by atoms with Crippen molar-refractivity contribution in [1.29, 1.82) is 0 Å². The number of hydrogen-bond acceptors (Lipinski definition) is 5. The number of nitrogens with zero attached hydrogens (tertiary/aromatic N) is 5. The monoisotopic (exact) mass is 269 g/mol. The Morgan fingerprint density at radius 2 is 2.00 bits per heavy atom. The first-order valence-electron chi connectivity index (χ1n) is 6.50. The van der Waals surface area contributed by atoms with Crippen LogP contribution in [0.2, 0.25) is 0 Å². The summed E-state index contributed by atoms with van der Waals surface area (Å²) in [5, 5.41) is 11.6. The van der Waals surface area contributed by atoms with Gasteiger partial charge in [-0.1, -0.05) is 25.1 Å². The second-order valence-corrected chi connectivity index (χ2v) is 5.03. The van der Waals surface area contributed by atoms with Gasteiger partial charge >= 0.3 is 0 Å². The first-order chi connectivity index (χ1) is 9.72. The van der Waals surface area contributed by atoms with Crippen LogP contribution in [0.15, 0.2) is 41.4 Å². The Labute approximate surface area is 116 Å². The van der Waals surface area contributed by atoms with Gasteiger partial charge in [-0.2, -0.15) is 4.98 Å². The van der Waals surface area contributed by atoms with Crippen molar-refractivity contribution in [2.24, 2.45) is 5.92 Å². The Morgan fingerprint density at radius 3 is 2.75 bits per heavy atom. The van der Waals surface area contributed by atoms with E-state index in [1.165, 1.54) is 0 Å². The van der Waals surface area contributed by atoms with Gasteiger partial charge in [-0.3, -0.25) is 4.57 Å². The summed E-state index contributed by atoms with van der Waals surface area (Å²) in [6.07, 6.45) is 4.11. The molecule has 0 radical (unpaired) electrons. The van der Waals surface area contributed by atoms with Gasteiger partial charge in [0, 0.05) is 17.7 Å². The first-order valence-corrected chi connectivity index (χ1v) is 6.50. The molecule has 0 N–H and O–H groups in total. The van der Waals surface area contributed by atoms with Gasteiger partial charge in [-0.25, -0.2) is 0 Å². The van der Waals surface area contributed by atoms with Crippen molar-refractivity contribution < 1.29 is 4.52 Å². The van der Waals surface area contributed by atoms with E-state index in [0.29, 0.717) is 11.8 Å². The topological polar surface area (TPSA) is 69.6 Å². The van der Waals surface area contributed by atoms with E-state index >= 15 is 0 Å². The molecule has 3 rings (SSSR count). The molecule has 0 aliphatic rings. The maximum atomic E-state index is 5.32. The highest BCUT2D eigenvalue weighted by atomic mass is 16.5. The Balaban J connectivity index is 1.90. The standard InChI is InChI=1S/C14H15N5O/c1-10(2)6-13-17-14(20-18-13)11-4-3-5-12(7-11)19-8-15-16-9-19/h3-5,7-10H,6H2,1-2H3. The second-order valence-electron chi connectivity index (χ2n) is 5.03. The van der Waals surface area contributed by atoms with E-state index in [4.69, 9.17) is 4.52 Å². The van der Waals surface area contributed by atoms with Crippen LogP contribution in [0.4, 0.5) is 0 Å². The van der Waals surface area contributed by atoms with Gasteiger partial charge in [-0.05, 0) is 24.1 Å². The molecule has 6 nitrogen and oxygen atoms in total. The summed E-state index contributed by atoms with van der Waals surface area (Å²) in [4.78, 5) is 4.42. The fourth-order valence-electron chi connectivity index (χ4n) is 1.95. The third-order valence-corrected chi connectivity index (χ3v) is 2.87. The molecule has 0 spiro atoms. The fourth-order valence-corrected chi connectivity index (χ4v) is 1.95. The molecule has 0 aliphatic carbocycles.